The molecule has 4 heterocycles. The summed E-state index contributed by atoms with van der Waals surface area (Å²) in [5, 5.41) is 11.5. The summed E-state index contributed by atoms with van der Waals surface area (Å²) in [4.78, 5) is 33.5. The second-order valence-electron chi connectivity index (χ2n) is 7.85. The van der Waals surface area contributed by atoms with Gasteiger partial charge in [0.25, 0.3) is 5.91 Å². The summed E-state index contributed by atoms with van der Waals surface area (Å²) in [5.74, 6) is 1.36. The van der Waals surface area contributed by atoms with E-state index < -0.39 is 0 Å². The van der Waals surface area contributed by atoms with Crippen LogP contribution in [0.4, 0.5) is 4.79 Å². The molecule has 1 aliphatic rings. The van der Waals surface area contributed by atoms with Gasteiger partial charge in [-0.15, -0.1) is 21.5 Å². The highest BCUT2D eigenvalue weighted by molar-refractivity contribution is 7.98. The predicted octanol–water partition coefficient (Wildman–Crippen LogP) is 4.19. The maximum absolute atomic E-state index is 12.9. The highest BCUT2D eigenvalue weighted by Crippen LogP contribution is 2.31. The number of oxazole rings is 1. The highest BCUT2D eigenvalue weighted by Gasteiger charge is 2.27. The van der Waals surface area contributed by atoms with Gasteiger partial charge in [-0.2, -0.15) is 0 Å². The Morgan fingerprint density at radius 1 is 1.06 bits per heavy atom. The van der Waals surface area contributed by atoms with Gasteiger partial charge in [0.15, 0.2) is 16.7 Å². The first-order valence-corrected chi connectivity index (χ1v) is 13.3. The number of piperazine rings is 1. The lowest BCUT2D eigenvalue weighted by atomic mass is 10.3. The van der Waals surface area contributed by atoms with E-state index in [-0.39, 0.29) is 17.7 Å². The van der Waals surface area contributed by atoms with Crippen LogP contribution >= 0.6 is 23.1 Å². The molecule has 0 aliphatic carbocycles. The second-order valence-corrected chi connectivity index (χ2v) is 9.74. The summed E-state index contributed by atoms with van der Waals surface area (Å²) in [5.41, 5.74) is 1.21. The van der Waals surface area contributed by atoms with Crippen molar-refractivity contribution in [2.45, 2.75) is 17.8 Å². The number of amides is 2. The minimum Gasteiger partial charge on any atom is -0.450 e. The fourth-order valence-electron chi connectivity index (χ4n) is 3.81. The number of hydrogen-bond acceptors (Lipinski definition) is 9. The molecule has 1 aliphatic heterocycles. The van der Waals surface area contributed by atoms with Crippen molar-refractivity contribution in [1.82, 2.24) is 29.5 Å². The lowest BCUT2D eigenvalue weighted by Crippen LogP contribution is -2.50. The van der Waals surface area contributed by atoms with Crippen molar-refractivity contribution >= 4 is 35.1 Å². The van der Waals surface area contributed by atoms with E-state index in [0.29, 0.717) is 49.6 Å². The third-order valence-corrected chi connectivity index (χ3v) is 7.36. The van der Waals surface area contributed by atoms with Crippen LogP contribution in [0.2, 0.25) is 0 Å². The topological polar surface area (TPSA) is 107 Å². The van der Waals surface area contributed by atoms with Gasteiger partial charge in [0, 0.05) is 31.9 Å². The third kappa shape index (κ3) is 5.14. The lowest BCUT2D eigenvalue weighted by molar-refractivity contribution is 0.0566. The molecule has 36 heavy (non-hydrogen) atoms. The fraction of sp³-hybridized carbons (Fsp3) is 0.292. The summed E-state index contributed by atoms with van der Waals surface area (Å²) in [7, 11) is 0. The molecule has 2 amide bonds. The SMILES string of the molecule is CCOC(=O)N1CCN(C(=O)c2coc(CSc3nnc(-c4cccs4)n3-c3ccccc3)n2)CC1. The van der Waals surface area contributed by atoms with Crippen molar-refractivity contribution in [2.75, 3.05) is 32.8 Å². The molecule has 12 heteroatoms. The molecule has 3 aromatic heterocycles. The number of thiophene rings is 1. The van der Waals surface area contributed by atoms with E-state index in [2.05, 4.69) is 15.2 Å². The minimum atomic E-state index is -0.351. The number of para-hydroxylation sites is 1. The average Bonchev–Trinajstić information content (AvgIpc) is 3.68. The Kier molecular flexibility index (Phi) is 7.33. The maximum atomic E-state index is 12.9. The zero-order valence-corrected chi connectivity index (χ0v) is 21.2. The molecule has 5 rings (SSSR count). The number of ether oxygens (including phenoxy) is 1. The molecule has 0 saturated carbocycles. The van der Waals surface area contributed by atoms with Gasteiger partial charge in [-0.25, -0.2) is 9.78 Å². The molecule has 186 valence electrons. The van der Waals surface area contributed by atoms with E-state index >= 15 is 0 Å². The highest BCUT2D eigenvalue weighted by atomic mass is 32.2. The number of carbonyl (C=O) groups excluding carboxylic acids is 2. The van der Waals surface area contributed by atoms with Crippen LogP contribution in [0.1, 0.15) is 23.3 Å². The predicted molar refractivity (Wildman–Crippen MR) is 135 cm³/mol. The number of rotatable bonds is 7. The summed E-state index contributed by atoms with van der Waals surface area (Å²) in [6.45, 7) is 3.78. The first-order chi connectivity index (χ1) is 17.6. The molecular weight excluding hydrogens is 500 g/mol. The molecule has 4 aromatic rings. The minimum absolute atomic E-state index is 0.217. The molecule has 10 nitrogen and oxygen atoms in total. The van der Waals surface area contributed by atoms with E-state index in [1.54, 1.807) is 28.1 Å². The van der Waals surface area contributed by atoms with Crippen LogP contribution in [0.3, 0.4) is 0 Å². The monoisotopic (exact) mass is 524 g/mol. The summed E-state index contributed by atoms with van der Waals surface area (Å²) >= 11 is 3.04. The Balaban J connectivity index is 1.25. The number of nitrogens with zero attached hydrogens (tertiary/aromatic N) is 6. The standard InChI is InChI=1S/C24H24N6O4S2/c1-2-33-24(32)29-12-10-28(11-13-29)22(31)18-15-34-20(25-18)16-36-23-27-26-21(19-9-6-14-35-19)30(23)17-7-4-3-5-8-17/h3-9,14-15H,2,10-13,16H2,1H3. The van der Waals surface area contributed by atoms with Crippen molar-refractivity contribution in [3.8, 4) is 16.4 Å². The lowest BCUT2D eigenvalue weighted by Gasteiger charge is -2.33. The molecule has 1 aromatic carbocycles. The zero-order chi connectivity index (χ0) is 24.9. The molecular formula is C24H24N6O4S2. The van der Waals surface area contributed by atoms with E-state index in [0.717, 1.165) is 16.4 Å². The summed E-state index contributed by atoms with van der Waals surface area (Å²) in [6.07, 6.45) is 1.03. The van der Waals surface area contributed by atoms with E-state index in [1.807, 2.05) is 52.4 Å². The van der Waals surface area contributed by atoms with Crippen molar-refractivity contribution in [2.24, 2.45) is 0 Å². The smallest absolute Gasteiger partial charge is 0.409 e. The molecule has 0 radical (unpaired) electrons. The molecule has 0 N–H and O–H groups in total. The number of carbonyl (C=O) groups is 2. The molecule has 1 saturated heterocycles. The Morgan fingerprint density at radius 2 is 1.83 bits per heavy atom. The second kappa shape index (κ2) is 11.0. The van der Waals surface area contributed by atoms with Gasteiger partial charge in [0.1, 0.15) is 6.26 Å². The van der Waals surface area contributed by atoms with E-state index in [1.165, 1.54) is 18.0 Å². The number of thioether (sulfide) groups is 1. The Labute approximate surface area is 215 Å². The van der Waals surface area contributed by atoms with Crippen LogP contribution < -0.4 is 0 Å². The Bertz CT molecular complexity index is 1310. The van der Waals surface area contributed by atoms with Gasteiger partial charge in [-0.05, 0) is 30.5 Å². The molecule has 1 fully saturated rings. The molecule has 0 spiro atoms. The van der Waals surface area contributed by atoms with Gasteiger partial charge in [0.05, 0.1) is 17.2 Å². The molecule has 0 unspecified atom stereocenters. The van der Waals surface area contributed by atoms with Crippen LogP contribution in [-0.4, -0.2) is 74.3 Å². The largest absolute Gasteiger partial charge is 0.450 e. The van der Waals surface area contributed by atoms with Crippen molar-refractivity contribution in [1.29, 1.82) is 0 Å². The quantitative estimate of drug-likeness (QED) is 0.331. The van der Waals surface area contributed by atoms with Gasteiger partial charge in [-0.3, -0.25) is 9.36 Å². The molecule has 0 bridgehead atoms. The summed E-state index contributed by atoms with van der Waals surface area (Å²) in [6, 6.07) is 13.9. The Morgan fingerprint density at radius 3 is 2.56 bits per heavy atom. The molecule has 0 atom stereocenters. The fourth-order valence-corrected chi connectivity index (χ4v) is 5.31. The first kappa shape index (κ1) is 24.1. The van der Waals surface area contributed by atoms with E-state index in [4.69, 9.17) is 9.15 Å². The van der Waals surface area contributed by atoms with Crippen LogP contribution in [0.25, 0.3) is 16.4 Å². The number of hydrogen-bond donors (Lipinski definition) is 0. The Hall–Kier alpha value is -3.64. The zero-order valence-electron chi connectivity index (χ0n) is 19.6. The average molecular weight is 525 g/mol. The van der Waals surface area contributed by atoms with Gasteiger partial charge >= 0.3 is 6.09 Å². The normalized spacial score (nSPS) is 13.7. The van der Waals surface area contributed by atoms with E-state index in [9.17, 15) is 9.59 Å². The van der Waals surface area contributed by atoms with Crippen molar-refractivity contribution < 1.29 is 18.7 Å². The number of benzene rings is 1. The third-order valence-electron chi connectivity index (χ3n) is 5.58. The van der Waals surface area contributed by atoms with Crippen molar-refractivity contribution in [3.05, 3.63) is 65.7 Å². The van der Waals surface area contributed by atoms with Gasteiger partial charge in [-0.1, -0.05) is 36.0 Å². The van der Waals surface area contributed by atoms with Crippen LogP contribution in [0.15, 0.2) is 63.7 Å². The van der Waals surface area contributed by atoms with Gasteiger partial charge < -0.3 is 19.0 Å². The summed E-state index contributed by atoms with van der Waals surface area (Å²) < 4.78 is 12.6. The van der Waals surface area contributed by atoms with Crippen LogP contribution in [-0.2, 0) is 10.5 Å². The van der Waals surface area contributed by atoms with Crippen molar-refractivity contribution in [3.63, 3.8) is 0 Å². The van der Waals surface area contributed by atoms with Gasteiger partial charge in [0.2, 0.25) is 5.89 Å². The first-order valence-electron chi connectivity index (χ1n) is 11.5. The van der Waals surface area contributed by atoms with Crippen LogP contribution in [0, 0.1) is 0 Å². The van der Waals surface area contributed by atoms with Crippen LogP contribution in [0.5, 0.6) is 0 Å². The maximum Gasteiger partial charge on any atom is 0.409 e. The number of aromatic nitrogens is 4.